The predicted molar refractivity (Wildman–Crippen MR) is 95.5 cm³/mol. The van der Waals surface area contributed by atoms with E-state index in [0.717, 1.165) is 32.1 Å². The van der Waals surface area contributed by atoms with Gasteiger partial charge in [-0.05, 0) is 31.4 Å². The van der Waals surface area contributed by atoms with Crippen molar-refractivity contribution in [2.45, 2.75) is 77.7 Å². The first-order valence-electron chi connectivity index (χ1n) is 9.13. The molecule has 1 aromatic carbocycles. The molecule has 1 N–H and O–H groups in total. The summed E-state index contributed by atoms with van der Waals surface area (Å²) in [7, 11) is 0. The summed E-state index contributed by atoms with van der Waals surface area (Å²) in [5.74, 6) is -1.64. The van der Waals surface area contributed by atoms with E-state index >= 15 is 0 Å². The standard InChI is InChI=1S/C20H30O4/c1-3-5-6-7-8-9-13-16(12-4-2)24-20(23)18-15-11-10-14-17(18)19(21)22/h10-11,14-16H,3-9,12-13H2,1-2H3,(H,21,22). The minimum Gasteiger partial charge on any atom is -0.478 e. The molecule has 1 unspecified atom stereocenters. The van der Waals surface area contributed by atoms with Crippen molar-refractivity contribution < 1.29 is 19.4 Å². The van der Waals surface area contributed by atoms with E-state index in [1.807, 2.05) is 0 Å². The Hall–Kier alpha value is -1.84. The zero-order valence-corrected chi connectivity index (χ0v) is 14.9. The normalized spacial score (nSPS) is 11.9. The zero-order valence-electron chi connectivity index (χ0n) is 14.9. The van der Waals surface area contributed by atoms with E-state index in [-0.39, 0.29) is 17.2 Å². The molecule has 0 aliphatic rings. The maximum absolute atomic E-state index is 12.3. The number of benzene rings is 1. The van der Waals surface area contributed by atoms with Gasteiger partial charge in [-0.1, -0.05) is 64.5 Å². The molecule has 0 saturated heterocycles. The highest BCUT2D eigenvalue weighted by Crippen LogP contribution is 2.17. The molecule has 0 aliphatic heterocycles. The van der Waals surface area contributed by atoms with Crippen molar-refractivity contribution in [2.24, 2.45) is 0 Å². The third-order valence-electron chi connectivity index (χ3n) is 4.14. The number of rotatable bonds is 12. The number of aromatic carboxylic acids is 1. The molecule has 0 radical (unpaired) electrons. The molecular weight excluding hydrogens is 304 g/mol. The summed E-state index contributed by atoms with van der Waals surface area (Å²) in [4.78, 5) is 23.6. The van der Waals surface area contributed by atoms with Gasteiger partial charge in [0.2, 0.25) is 0 Å². The van der Waals surface area contributed by atoms with Gasteiger partial charge in [0.05, 0.1) is 11.1 Å². The quantitative estimate of drug-likeness (QED) is 0.407. The number of carboxylic acids is 1. The van der Waals surface area contributed by atoms with Crippen molar-refractivity contribution in [2.75, 3.05) is 0 Å². The van der Waals surface area contributed by atoms with Crippen molar-refractivity contribution in [1.29, 1.82) is 0 Å². The second-order valence-corrected chi connectivity index (χ2v) is 6.22. The topological polar surface area (TPSA) is 63.6 Å². The van der Waals surface area contributed by atoms with Crippen LogP contribution < -0.4 is 0 Å². The molecule has 4 nitrogen and oxygen atoms in total. The van der Waals surface area contributed by atoms with Crippen LogP contribution in [0.5, 0.6) is 0 Å². The van der Waals surface area contributed by atoms with Gasteiger partial charge in [-0.3, -0.25) is 0 Å². The molecule has 1 rings (SSSR count). The first-order chi connectivity index (χ1) is 11.6. The van der Waals surface area contributed by atoms with Crippen LogP contribution in [0, 0.1) is 0 Å². The van der Waals surface area contributed by atoms with Gasteiger partial charge in [0, 0.05) is 0 Å². The molecule has 0 heterocycles. The molecule has 0 fully saturated rings. The Morgan fingerprint density at radius 2 is 1.54 bits per heavy atom. The van der Waals surface area contributed by atoms with Crippen LogP contribution in [-0.2, 0) is 4.74 Å². The number of carbonyl (C=O) groups is 2. The number of unbranched alkanes of at least 4 members (excludes halogenated alkanes) is 5. The Kier molecular flexibility index (Phi) is 9.81. The summed E-state index contributed by atoms with van der Waals surface area (Å²) in [6.07, 6.45) is 9.67. The van der Waals surface area contributed by atoms with Crippen LogP contribution in [0.15, 0.2) is 24.3 Å². The predicted octanol–water partition coefficient (Wildman–Crippen LogP) is 5.46. The fourth-order valence-corrected chi connectivity index (χ4v) is 2.80. The lowest BCUT2D eigenvalue weighted by atomic mass is 10.0. The van der Waals surface area contributed by atoms with E-state index in [4.69, 9.17) is 4.74 Å². The maximum Gasteiger partial charge on any atom is 0.339 e. The summed E-state index contributed by atoms with van der Waals surface area (Å²) in [6.45, 7) is 4.26. The Bertz CT molecular complexity index is 510. The first-order valence-corrected chi connectivity index (χ1v) is 9.13. The fourth-order valence-electron chi connectivity index (χ4n) is 2.80. The van der Waals surface area contributed by atoms with Crippen LogP contribution in [0.25, 0.3) is 0 Å². The summed E-state index contributed by atoms with van der Waals surface area (Å²) in [6, 6.07) is 6.21. The minimum atomic E-state index is -1.11. The van der Waals surface area contributed by atoms with E-state index in [9.17, 15) is 14.7 Å². The average Bonchev–Trinajstić information content (AvgIpc) is 2.58. The van der Waals surface area contributed by atoms with Crippen LogP contribution in [0.4, 0.5) is 0 Å². The highest BCUT2D eigenvalue weighted by Gasteiger charge is 2.20. The average molecular weight is 334 g/mol. The van der Waals surface area contributed by atoms with Gasteiger partial charge in [-0.2, -0.15) is 0 Å². The number of carbonyl (C=O) groups excluding carboxylic acids is 1. The molecule has 24 heavy (non-hydrogen) atoms. The molecule has 0 amide bonds. The van der Waals surface area contributed by atoms with Crippen LogP contribution in [0.2, 0.25) is 0 Å². The minimum absolute atomic E-state index is 0.00249. The van der Waals surface area contributed by atoms with Gasteiger partial charge in [0.25, 0.3) is 0 Å². The van der Waals surface area contributed by atoms with Crippen molar-refractivity contribution in [3.63, 3.8) is 0 Å². The summed E-state index contributed by atoms with van der Waals surface area (Å²) >= 11 is 0. The van der Waals surface area contributed by atoms with Gasteiger partial charge in [-0.15, -0.1) is 0 Å². The lowest BCUT2D eigenvalue weighted by Gasteiger charge is -2.18. The Balaban J connectivity index is 2.55. The van der Waals surface area contributed by atoms with E-state index in [0.29, 0.717) is 0 Å². The number of carboxylic acid groups (broad SMARTS) is 1. The summed E-state index contributed by atoms with van der Waals surface area (Å²) in [5, 5.41) is 9.19. The first kappa shape index (κ1) is 20.2. The Morgan fingerprint density at radius 1 is 0.917 bits per heavy atom. The van der Waals surface area contributed by atoms with Gasteiger partial charge in [0.1, 0.15) is 6.10 Å². The number of hydrogen-bond donors (Lipinski definition) is 1. The van der Waals surface area contributed by atoms with Crippen LogP contribution in [-0.4, -0.2) is 23.1 Å². The molecule has 134 valence electrons. The highest BCUT2D eigenvalue weighted by molar-refractivity contribution is 6.02. The molecule has 0 aliphatic carbocycles. The van der Waals surface area contributed by atoms with E-state index in [1.54, 1.807) is 12.1 Å². The van der Waals surface area contributed by atoms with E-state index < -0.39 is 11.9 Å². The number of ether oxygens (including phenoxy) is 1. The SMILES string of the molecule is CCCCCCCCC(CCC)OC(=O)c1ccccc1C(=O)O. The fraction of sp³-hybridized carbons (Fsp3) is 0.600. The largest absolute Gasteiger partial charge is 0.478 e. The van der Waals surface area contributed by atoms with Gasteiger partial charge >= 0.3 is 11.9 Å². The van der Waals surface area contributed by atoms with Crippen molar-refractivity contribution in [1.82, 2.24) is 0 Å². The lowest BCUT2D eigenvalue weighted by molar-refractivity contribution is 0.0249. The van der Waals surface area contributed by atoms with Crippen LogP contribution in [0.3, 0.4) is 0 Å². The third kappa shape index (κ3) is 7.16. The van der Waals surface area contributed by atoms with Gasteiger partial charge in [-0.25, -0.2) is 9.59 Å². The number of esters is 1. The van der Waals surface area contributed by atoms with Crippen LogP contribution in [0.1, 0.15) is 92.4 Å². The van der Waals surface area contributed by atoms with Crippen molar-refractivity contribution in [3.8, 4) is 0 Å². The lowest BCUT2D eigenvalue weighted by Crippen LogP contribution is -2.20. The Morgan fingerprint density at radius 3 is 2.17 bits per heavy atom. The second kappa shape index (κ2) is 11.7. The molecule has 0 spiro atoms. The van der Waals surface area contributed by atoms with Crippen molar-refractivity contribution in [3.05, 3.63) is 35.4 Å². The maximum atomic E-state index is 12.3. The smallest absolute Gasteiger partial charge is 0.339 e. The molecular formula is C20H30O4. The van der Waals surface area contributed by atoms with Gasteiger partial charge in [0.15, 0.2) is 0 Å². The van der Waals surface area contributed by atoms with E-state index in [2.05, 4.69) is 13.8 Å². The monoisotopic (exact) mass is 334 g/mol. The van der Waals surface area contributed by atoms with Crippen LogP contribution >= 0.6 is 0 Å². The zero-order chi connectivity index (χ0) is 17.8. The molecule has 1 atom stereocenters. The third-order valence-corrected chi connectivity index (χ3v) is 4.14. The Labute approximate surface area is 145 Å². The summed E-state index contributed by atoms with van der Waals surface area (Å²) < 4.78 is 5.59. The second-order valence-electron chi connectivity index (χ2n) is 6.22. The van der Waals surface area contributed by atoms with Gasteiger partial charge < -0.3 is 9.84 Å². The molecule has 0 aromatic heterocycles. The summed E-state index contributed by atoms with van der Waals surface area (Å²) in [5.41, 5.74) is 0.131. The molecule has 1 aromatic rings. The molecule has 0 saturated carbocycles. The van der Waals surface area contributed by atoms with Crippen molar-refractivity contribution >= 4 is 11.9 Å². The molecule has 4 heteroatoms. The van der Waals surface area contributed by atoms with E-state index in [1.165, 1.54) is 37.8 Å². The number of hydrogen-bond acceptors (Lipinski definition) is 3. The highest BCUT2D eigenvalue weighted by atomic mass is 16.5. The molecule has 0 bridgehead atoms.